The topological polar surface area (TPSA) is 72.6 Å². The molecule has 6 heteroatoms. The molecule has 126 valence electrons. The van der Waals surface area contributed by atoms with E-state index in [2.05, 4.69) is 4.98 Å². The maximum absolute atomic E-state index is 12.8. The molecule has 1 aliphatic heterocycles. The molecule has 0 spiro atoms. The van der Waals surface area contributed by atoms with Gasteiger partial charge in [-0.3, -0.25) is 4.79 Å². The molecule has 1 aliphatic rings. The van der Waals surface area contributed by atoms with E-state index in [9.17, 15) is 9.59 Å². The molecule has 6 nitrogen and oxygen atoms in total. The molecule has 1 aromatic heterocycles. The molecule has 3 rings (SSSR count). The standard InChI is InChI=1S/C18H20N2O4/c1-4-23-18(22)14-7-8-15-13(10-14)6-5-9-20(15)17(21)16-11(2)19-12(3)24-16/h7-8,10H,4-6,9H2,1-3H3. The highest BCUT2D eigenvalue weighted by Crippen LogP contribution is 2.30. The van der Waals surface area contributed by atoms with Crippen molar-refractivity contribution in [2.75, 3.05) is 18.1 Å². The number of carbonyl (C=O) groups is 2. The largest absolute Gasteiger partial charge is 0.462 e. The minimum atomic E-state index is -0.342. The second-order valence-electron chi connectivity index (χ2n) is 5.77. The Balaban J connectivity index is 1.93. The Hall–Kier alpha value is -2.63. The molecule has 24 heavy (non-hydrogen) atoms. The third-order valence-electron chi connectivity index (χ3n) is 4.05. The van der Waals surface area contributed by atoms with Crippen molar-refractivity contribution in [2.45, 2.75) is 33.6 Å². The third kappa shape index (κ3) is 2.91. The predicted octanol–water partition coefficient (Wildman–Crippen LogP) is 3.06. The van der Waals surface area contributed by atoms with E-state index < -0.39 is 0 Å². The molecule has 0 unspecified atom stereocenters. The summed E-state index contributed by atoms with van der Waals surface area (Å²) in [6.07, 6.45) is 1.65. The van der Waals surface area contributed by atoms with Gasteiger partial charge in [0.15, 0.2) is 5.89 Å². The molecular weight excluding hydrogens is 308 g/mol. The first kappa shape index (κ1) is 16.2. The van der Waals surface area contributed by atoms with Crippen LogP contribution >= 0.6 is 0 Å². The summed E-state index contributed by atoms with van der Waals surface area (Å²) in [5.41, 5.74) is 2.88. The van der Waals surface area contributed by atoms with E-state index in [-0.39, 0.29) is 17.6 Å². The number of ether oxygens (including phenoxy) is 1. The predicted molar refractivity (Wildman–Crippen MR) is 88.4 cm³/mol. The Kier molecular flexibility index (Phi) is 4.38. The summed E-state index contributed by atoms with van der Waals surface area (Å²) in [6, 6.07) is 5.31. The quantitative estimate of drug-likeness (QED) is 0.810. The molecule has 0 saturated heterocycles. The number of aryl methyl sites for hydroxylation is 3. The first-order valence-electron chi connectivity index (χ1n) is 8.07. The van der Waals surface area contributed by atoms with Crippen molar-refractivity contribution in [1.29, 1.82) is 0 Å². The highest BCUT2D eigenvalue weighted by Gasteiger charge is 2.28. The van der Waals surface area contributed by atoms with Gasteiger partial charge in [0.2, 0.25) is 5.76 Å². The molecule has 0 fully saturated rings. The van der Waals surface area contributed by atoms with Crippen LogP contribution in [0.3, 0.4) is 0 Å². The number of fused-ring (bicyclic) bond motifs is 1. The van der Waals surface area contributed by atoms with Crippen molar-refractivity contribution in [3.63, 3.8) is 0 Å². The van der Waals surface area contributed by atoms with Crippen molar-refractivity contribution in [1.82, 2.24) is 4.98 Å². The minimum absolute atomic E-state index is 0.196. The zero-order valence-electron chi connectivity index (χ0n) is 14.1. The summed E-state index contributed by atoms with van der Waals surface area (Å²) in [7, 11) is 0. The van der Waals surface area contributed by atoms with Crippen LogP contribution in [-0.2, 0) is 11.2 Å². The third-order valence-corrected chi connectivity index (χ3v) is 4.05. The lowest BCUT2D eigenvalue weighted by molar-refractivity contribution is 0.0526. The molecule has 0 saturated carbocycles. The van der Waals surface area contributed by atoms with Crippen LogP contribution in [0.1, 0.15) is 51.4 Å². The van der Waals surface area contributed by atoms with Gasteiger partial charge >= 0.3 is 5.97 Å². The van der Waals surface area contributed by atoms with Crippen molar-refractivity contribution < 1.29 is 18.7 Å². The molecule has 2 aromatic rings. The van der Waals surface area contributed by atoms with E-state index in [0.29, 0.717) is 30.3 Å². The Bertz CT molecular complexity index is 794. The van der Waals surface area contributed by atoms with Crippen molar-refractivity contribution >= 4 is 17.6 Å². The number of nitrogens with zero attached hydrogens (tertiary/aromatic N) is 2. The van der Waals surface area contributed by atoms with Crippen LogP contribution < -0.4 is 4.90 Å². The second kappa shape index (κ2) is 6.47. The molecule has 1 aromatic carbocycles. The summed E-state index contributed by atoms with van der Waals surface area (Å²) in [5, 5.41) is 0. The number of hydrogen-bond donors (Lipinski definition) is 0. The summed E-state index contributed by atoms with van der Waals surface area (Å²) in [4.78, 5) is 30.6. The molecule has 0 radical (unpaired) electrons. The minimum Gasteiger partial charge on any atom is -0.462 e. The van der Waals surface area contributed by atoms with E-state index >= 15 is 0 Å². The summed E-state index contributed by atoms with van der Waals surface area (Å²) in [6.45, 7) is 6.21. The number of oxazole rings is 1. The molecule has 2 heterocycles. The zero-order chi connectivity index (χ0) is 17.3. The SMILES string of the molecule is CCOC(=O)c1ccc2c(c1)CCCN2C(=O)c1oc(C)nc1C. The smallest absolute Gasteiger partial charge is 0.338 e. The van der Waals surface area contributed by atoms with Crippen LogP contribution in [0.25, 0.3) is 0 Å². The number of esters is 1. The van der Waals surface area contributed by atoms with Crippen molar-refractivity contribution in [2.24, 2.45) is 0 Å². The fourth-order valence-corrected chi connectivity index (χ4v) is 3.00. The fraction of sp³-hybridized carbons (Fsp3) is 0.389. The Morgan fingerprint density at radius 3 is 2.79 bits per heavy atom. The van der Waals surface area contributed by atoms with Gasteiger partial charge in [0.25, 0.3) is 5.91 Å². The van der Waals surface area contributed by atoms with Gasteiger partial charge in [0.1, 0.15) is 0 Å². The molecule has 0 aliphatic carbocycles. The van der Waals surface area contributed by atoms with Crippen LogP contribution in [0.15, 0.2) is 22.6 Å². The molecule has 0 bridgehead atoms. The van der Waals surface area contributed by atoms with E-state index in [1.807, 2.05) is 6.07 Å². The van der Waals surface area contributed by atoms with Gasteiger partial charge in [-0.25, -0.2) is 9.78 Å². The maximum atomic E-state index is 12.8. The van der Waals surface area contributed by atoms with Crippen molar-refractivity contribution in [3.8, 4) is 0 Å². The number of aromatic nitrogens is 1. The van der Waals surface area contributed by atoms with Gasteiger partial charge in [-0.05, 0) is 50.5 Å². The Labute approximate surface area is 140 Å². The summed E-state index contributed by atoms with van der Waals surface area (Å²) in [5.74, 6) is 0.212. The lowest BCUT2D eigenvalue weighted by atomic mass is 9.99. The second-order valence-corrected chi connectivity index (χ2v) is 5.77. The number of rotatable bonds is 3. The Morgan fingerprint density at radius 2 is 2.12 bits per heavy atom. The molecule has 1 amide bonds. The normalized spacial score (nSPS) is 13.5. The lowest BCUT2D eigenvalue weighted by Gasteiger charge is -2.29. The fourth-order valence-electron chi connectivity index (χ4n) is 3.00. The van der Waals surface area contributed by atoms with E-state index in [1.54, 1.807) is 37.8 Å². The van der Waals surface area contributed by atoms with Gasteiger partial charge in [-0.1, -0.05) is 0 Å². The average Bonchev–Trinajstić information content (AvgIpc) is 2.91. The van der Waals surface area contributed by atoms with E-state index in [4.69, 9.17) is 9.15 Å². The first-order chi connectivity index (χ1) is 11.5. The number of hydrogen-bond acceptors (Lipinski definition) is 5. The van der Waals surface area contributed by atoms with Crippen LogP contribution in [0.2, 0.25) is 0 Å². The van der Waals surface area contributed by atoms with Gasteiger partial charge in [0.05, 0.1) is 17.9 Å². The van der Waals surface area contributed by atoms with Gasteiger partial charge in [-0.15, -0.1) is 0 Å². The summed E-state index contributed by atoms with van der Waals surface area (Å²) >= 11 is 0. The molecule has 0 atom stereocenters. The number of anilines is 1. The van der Waals surface area contributed by atoms with E-state index in [1.165, 1.54) is 0 Å². The number of amides is 1. The highest BCUT2D eigenvalue weighted by atomic mass is 16.5. The van der Waals surface area contributed by atoms with Crippen LogP contribution in [0, 0.1) is 13.8 Å². The maximum Gasteiger partial charge on any atom is 0.338 e. The first-order valence-corrected chi connectivity index (χ1v) is 8.07. The van der Waals surface area contributed by atoms with E-state index in [0.717, 1.165) is 24.1 Å². The summed E-state index contributed by atoms with van der Waals surface area (Å²) < 4.78 is 10.5. The number of benzene rings is 1. The highest BCUT2D eigenvalue weighted by molar-refractivity contribution is 6.06. The molecular formula is C18H20N2O4. The van der Waals surface area contributed by atoms with Crippen LogP contribution in [-0.4, -0.2) is 30.0 Å². The number of carbonyl (C=O) groups excluding carboxylic acids is 2. The average molecular weight is 328 g/mol. The van der Waals surface area contributed by atoms with Crippen molar-refractivity contribution in [3.05, 3.63) is 46.7 Å². The van der Waals surface area contributed by atoms with Crippen LogP contribution in [0.4, 0.5) is 5.69 Å². The van der Waals surface area contributed by atoms with Gasteiger partial charge in [0, 0.05) is 19.2 Å². The van der Waals surface area contributed by atoms with Gasteiger partial charge in [-0.2, -0.15) is 0 Å². The lowest BCUT2D eigenvalue weighted by Crippen LogP contribution is -2.35. The zero-order valence-corrected chi connectivity index (χ0v) is 14.1. The Morgan fingerprint density at radius 1 is 1.33 bits per heavy atom. The van der Waals surface area contributed by atoms with Gasteiger partial charge < -0.3 is 14.1 Å². The molecule has 0 N–H and O–H groups in total. The van der Waals surface area contributed by atoms with Crippen LogP contribution in [0.5, 0.6) is 0 Å². The monoisotopic (exact) mass is 328 g/mol.